The number of halogens is 1. The fraction of sp³-hybridized carbons (Fsp3) is 0.333. The number of carbonyl (C=O) groups excluding carboxylic acids is 1. The van der Waals surface area contributed by atoms with Crippen LogP contribution in [-0.2, 0) is 4.74 Å². The molecule has 1 unspecified atom stereocenters. The van der Waals surface area contributed by atoms with Gasteiger partial charge in [-0.3, -0.25) is 0 Å². The Labute approximate surface area is 110 Å². The van der Waals surface area contributed by atoms with Gasteiger partial charge in [-0.1, -0.05) is 18.2 Å². The number of rotatable bonds is 4. The average Bonchev–Trinajstić information content (AvgIpc) is 2.84. The molecular formula is C12H12ClN2O3-. The lowest BCUT2D eigenvalue weighted by molar-refractivity contribution is -0.246. The van der Waals surface area contributed by atoms with Crippen LogP contribution in [0.5, 0.6) is 0 Å². The topological polar surface area (TPSA) is 65.0 Å². The van der Waals surface area contributed by atoms with Crippen LogP contribution in [0.2, 0.25) is 0 Å². The third kappa shape index (κ3) is 2.92. The van der Waals surface area contributed by atoms with Crippen molar-refractivity contribution in [3.8, 4) is 0 Å². The lowest BCUT2D eigenvalue weighted by Gasteiger charge is -2.24. The highest BCUT2D eigenvalue weighted by atomic mass is 35.5. The molecule has 18 heavy (non-hydrogen) atoms. The van der Waals surface area contributed by atoms with E-state index < -0.39 is 6.09 Å². The number of aliphatic imine (C=N–C) groups is 1. The van der Waals surface area contributed by atoms with Crippen molar-refractivity contribution in [2.75, 3.05) is 23.9 Å². The molecule has 0 bridgehead atoms. The number of benzene rings is 1. The monoisotopic (exact) mass is 267 g/mol. The molecule has 96 valence electrons. The molecule has 0 spiro atoms. The second-order valence-corrected chi connectivity index (χ2v) is 4.14. The summed E-state index contributed by atoms with van der Waals surface area (Å²) in [5.74, 6) is 0.730. The van der Waals surface area contributed by atoms with Gasteiger partial charge >= 0.3 is 0 Å². The van der Waals surface area contributed by atoms with E-state index in [0.717, 1.165) is 4.90 Å². The molecule has 1 heterocycles. The summed E-state index contributed by atoms with van der Waals surface area (Å²) in [6.45, 7) is 0.439. The van der Waals surface area contributed by atoms with Gasteiger partial charge in [-0.2, -0.15) is 0 Å². The Morgan fingerprint density at radius 2 is 2.22 bits per heavy atom. The number of anilines is 1. The van der Waals surface area contributed by atoms with Crippen molar-refractivity contribution in [1.82, 2.24) is 0 Å². The van der Waals surface area contributed by atoms with E-state index in [0.29, 0.717) is 24.1 Å². The number of carboxylic acid groups (broad SMARTS) is 1. The Balaban J connectivity index is 2.11. The summed E-state index contributed by atoms with van der Waals surface area (Å²) < 4.78 is 5.29. The molecule has 0 aromatic heterocycles. The molecule has 1 aliphatic heterocycles. The Bertz CT molecular complexity index is 450. The van der Waals surface area contributed by atoms with E-state index in [1.807, 2.05) is 6.07 Å². The zero-order valence-corrected chi connectivity index (χ0v) is 10.3. The Morgan fingerprint density at radius 1 is 1.50 bits per heavy atom. The van der Waals surface area contributed by atoms with Gasteiger partial charge in [-0.25, -0.2) is 4.99 Å². The number of ether oxygens (including phenoxy) is 1. The molecule has 0 radical (unpaired) electrons. The molecule has 0 N–H and O–H groups in total. The predicted molar refractivity (Wildman–Crippen MR) is 67.1 cm³/mol. The number of hydrogen-bond acceptors (Lipinski definition) is 4. The first-order valence-corrected chi connectivity index (χ1v) is 6.03. The SMILES string of the molecule is O=C([O-])N(CC1=NC(CCl)CO1)c1ccccc1. The largest absolute Gasteiger partial charge is 0.530 e. The van der Waals surface area contributed by atoms with Crippen molar-refractivity contribution in [2.45, 2.75) is 6.04 Å². The summed E-state index contributed by atoms with van der Waals surface area (Å²) >= 11 is 5.66. The summed E-state index contributed by atoms with van der Waals surface area (Å²) in [7, 11) is 0. The van der Waals surface area contributed by atoms with Crippen LogP contribution >= 0.6 is 11.6 Å². The number of amides is 1. The third-order valence-electron chi connectivity index (χ3n) is 2.53. The van der Waals surface area contributed by atoms with Crippen LogP contribution in [0, 0.1) is 0 Å². The van der Waals surface area contributed by atoms with Crippen molar-refractivity contribution in [3.05, 3.63) is 30.3 Å². The maximum absolute atomic E-state index is 11.1. The van der Waals surface area contributed by atoms with Crippen molar-refractivity contribution >= 4 is 29.3 Å². The van der Waals surface area contributed by atoms with Crippen LogP contribution < -0.4 is 10.0 Å². The summed E-state index contributed by atoms with van der Waals surface area (Å²) in [5, 5.41) is 11.1. The minimum absolute atomic E-state index is 0.0414. The third-order valence-corrected chi connectivity index (χ3v) is 2.88. The highest BCUT2D eigenvalue weighted by molar-refractivity contribution is 6.18. The van der Waals surface area contributed by atoms with Crippen molar-refractivity contribution in [3.63, 3.8) is 0 Å². The van der Waals surface area contributed by atoms with Crippen molar-refractivity contribution < 1.29 is 14.6 Å². The van der Waals surface area contributed by atoms with E-state index in [1.165, 1.54) is 0 Å². The maximum atomic E-state index is 11.1. The Kier molecular flexibility index (Phi) is 4.04. The standard InChI is InChI=1S/C12H13ClN2O3/c13-6-9-8-18-11(14-9)7-15(12(16)17)10-4-2-1-3-5-10/h1-5,9H,6-8H2,(H,16,17)/p-1. The Hall–Kier alpha value is -1.75. The van der Waals surface area contributed by atoms with Gasteiger partial charge in [0.05, 0.1) is 0 Å². The number of alkyl halides is 1. The molecule has 1 aliphatic rings. The first kappa shape index (κ1) is 12.7. The fourth-order valence-electron chi connectivity index (χ4n) is 1.64. The summed E-state index contributed by atoms with van der Waals surface area (Å²) in [5.41, 5.74) is 0.526. The van der Waals surface area contributed by atoms with E-state index in [-0.39, 0.29) is 12.6 Å². The van der Waals surface area contributed by atoms with Crippen molar-refractivity contribution in [2.24, 2.45) is 4.99 Å². The van der Waals surface area contributed by atoms with Gasteiger partial charge in [-0.05, 0) is 12.1 Å². The summed E-state index contributed by atoms with van der Waals surface area (Å²) in [4.78, 5) is 16.4. The number of hydrogen-bond donors (Lipinski definition) is 0. The molecule has 0 fully saturated rings. The normalized spacial score (nSPS) is 18.1. The molecule has 6 heteroatoms. The summed E-state index contributed by atoms with van der Waals surface area (Å²) in [6, 6.07) is 8.59. The zero-order chi connectivity index (χ0) is 13.0. The predicted octanol–water partition coefficient (Wildman–Crippen LogP) is 0.872. The second-order valence-electron chi connectivity index (χ2n) is 3.83. The number of para-hydroxylation sites is 1. The molecule has 0 saturated heterocycles. The van der Waals surface area contributed by atoms with Crippen LogP contribution in [0.25, 0.3) is 0 Å². The van der Waals surface area contributed by atoms with Crippen LogP contribution in [0.15, 0.2) is 35.3 Å². The highest BCUT2D eigenvalue weighted by Gasteiger charge is 2.20. The van der Waals surface area contributed by atoms with Gasteiger partial charge in [0, 0.05) is 11.6 Å². The van der Waals surface area contributed by atoms with E-state index in [9.17, 15) is 9.90 Å². The molecular weight excluding hydrogens is 256 g/mol. The van der Waals surface area contributed by atoms with Crippen LogP contribution in [0.3, 0.4) is 0 Å². The average molecular weight is 268 g/mol. The molecule has 0 aliphatic carbocycles. The fourth-order valence-corrected chi connectivity index (χ4v) is 1.80. The van der Waals surface area contributed by atoms with Crippen molar-refractivity contribution in [1.29, 1.82) is 0 Å². The lowest BCUT2D eigenvalue weighted by Crippen LogP contribution is -2.44. The minimum Gasteiger partial charge on any atom is -0.530 e. The lowest BCUT2D eigenvalue weighted by atomic mass is 10.3. The van der Waals surface area contributed by atoms with Gasteiger partial charge in [-0.15, -0.1) is 11.6 Å². The molecule has 2 rings (SSSR count). The quantitative estimate of drug-likeness (QED) is 0.761. The van der Waals surface area contributed by atoms with Gasteiger partial charge < -0.3 is 19.5 Å². The van der Waals surface area contributed by atoms with E-state index in [1.54, 1.807) is 24.3 Å². The minimum atomic E-state index is -1.29. The van der Waals surface area contributed by atoms with E-state index in [2.05, 4.69) is 4.99 Å². The van der Waals surface area contributed by atoms with Crippen LogP contribution in [-0.4, -0.2) is 37.1 Å². The van der Waals surface area contributed by atoms with Gasteiger partial charge in [0.25, 0.3) is 0 Å². The van der Waals surface area contributed by atoms with E-state index >= 15 is 0 Å². The molecule has 1 aromatic rings. The zero-order valence-electron chi connectivity index (χ0n) is 9.58. The molecule has 5 nitrogen and oxygen atoms in total. The van der Waals surface area contributed by atoms with Gasteiger partial charge in [0.1, 0.15) is 25.3 Å². The second kappa shape index (κ2) is 5.73. The van der Waals surface area contributed by atoms with Gasteiger partial charge in [0.2, 0.25) is 5.90 Å². The van der Waals surface area contributed by atoms with E-state index in [4.69, 9.17) is 16.3 Å². The van der Waals surface area contributed by atoms with Crippen LogP contribution in [0.4, 0.5) is 10.5 Å². The molecule has 0 saturated carbocycles. The van der Waals surface area contributed by atoms with Crippen LogP contribution in [0.1, 0.15) is 0 Å². The highest BCUT2D eigenvalue weighted by Crippen LogP contribution is 2.15. The summed E-state index contributed by atoms with van der Waals surface area (Å²) in [6.07, 6.45) is -1.29. The first-order valence-electron chi connectivity index (χ1n) is 5.49. The molecule has 1 atom stereocenters. The number of nitrogens with zero attached hydrogens (tertiary/aromatic N) is 2. The first-order chi connectivity index (χ1) is 8.70. The number of carbonyl (C=O) groups is 1. The molecule has 1 amide bonds. The maximum Gasteiger partial charge on any atom is 0.204 e. The molecule has 1 aromatic carbocycles. The van der Waals surface area contributed by atoms with Gasteiger partial charge in [0.15, 0.2) is 0 Å². The Morgan fingerprint density at radius 3 is 2.78 bits per heavy atom. The smallest absolute Gasteiger partial charge is 0.204 e.